The molecule has 0 saturated heterocycles. The lowest BCUT2D eigenvalue weighted by molar-refractivity contribution is 0.0696. The van der Waals surface area contributed by atoms with Gasteiger partial charge in [-0.05, 0) is 36.2 Å². The van der Waals surface area contributed by atoms with Crippen LogP contribution in [-0.4, -0.2) is 11.1 Å². The lowest BCUT2D eigenvalue weighted by atomic mass is 10.1. The molecule has 0 aliphatic carbocycles. The molecule has 0 aliphatic heterocycles. The number of carboxylic acids is 1. The van der Waals surface area contributed by atoms with E-state index in [1.54, 1.807) is 18.2 Å². The van der Waals surface area contributed by atoms with Crippen LogP contribution in [0.15, 0.2) is 36.4 Å². The zero-order valence-corrected chi connectivity index (χ0v) is 10.8. The minimum absolute atomic E-state index is 0.358. The first-order chi connectivity index (χ1) is 9.51. The predicted molar refractivity (Wildman–Crippen MR) is 72.4 cm³/mol. The Hall–Kier alpha value is -2.43. The lowest BCUT2D eigenvalue weighted by Crippen LogP contribution is -2.03. The van der Waals surface area contributed by atoms with Crippen LogP contribution in [0.4, 0.5) is 20.2 Å². The van der Waals surface area contributed by atoms with E-state index in [2.05, 4.69) is 5.32 Å². The molecule has 0 spiro atoms. The summed E-state index contributed by atoms with van der Waals surface area (Å²) >= 11 is 0. The molecule has 2 rings (SSSR count). The highest BCUT2D eigenvalue weighted by molar-refractivity contribution is 5.88. The third-order valence-corrected chi connectivity index (χ3v) is 2.89. The molecule has 0 atom stereocenters. The van der Waals surface area contributed by atoms with E-state index in [1.165, 1.54) is 0 Å². The van der Waals surface area contributed by atoms with E-state index in [0.29, 0.717) is 5.69 Å². The topological polar surface area (TPSA) is 49.3 Å². The maximum atomic E-state index is 13.8. The van der Waals surface area contributed by atoms with E-state index in [4.69, 9.17) is 5.11 Å². The molecule has 0 heterocycles. The summed E-state index contributed by atoms with van der Waals surface area (Å²) in [6.07, 6.45) is 0.804. The van der Waals surface area contributed by atoms with Crippen molar-refractivity contribution in [2.75, 3.05) is 5.32 Å². The normalized spacial score (nSPS) is 10.3. The minimum atomic E-state index is -1.37. The van der Waals surface area contributed by atoms with Gasteiger partial charge in [-0.2, -0.15) is 0 Å². The number of benzene rings is 2. The van der Waals surface area contributed by atoms with Gasteiger partial charge in [0.15, 0.2) is 11.6 Å². The fraction of sp³-hybridized carbons (Fsp3) is 0.133. The van der Waals surface area contributed by atoms with Crippen molar-refractivity contribution in [3.05, 3.63) is 59.2 Å². The maximum absolute atomic E-state index is 13.8. The Morgan fingerprint density at radius 1 is 1.20 bits per heavy atom. The molecule has 0 bridgehead atoms. The van der Waals surface area contributed by atoms with Gasteiger partial charge in [-0.15, -0.1) is 0 Å². The summed E-state index contributed by atoms with van der Waals surface area (Å²) in [4.78, 5) is 10.7. The van der Waals surface area contributed by atoms with E-state index in [9.17, 15) is 13.6 Å². The molecular weight excluding hydrogens is 264 g/mol. The van der Waals surface area contributed by atoms with Crippen molar-refractivity contribution in [3.8, 4) is 0 Å². The molecule has 0 aromatic heterocycles. The number of aromatic carboxylic acids is 1. The van der Waals surface area contributed by atoms with Gasteiger partial charge in [0.1, 0.15) is 5.69 Å². The molecular formula is C15H13F2NO2. The number of aryl methyl sites for hydroxylation is 1. The van der Waals surface area contributed by atoms with Gasteiger partial charge in [0, 0.05) is 5.69 Å². The van der Waals surface area contributed by atoms with Crippen molar-refractivity contribution in [3.63, 3.8) is 0 Å². The molecule has 0 unspecified atom stereocenters. The van der Waals surface area contributed by atoms with Crippen molar-refractivity contribution in [1.29, 1.82) is 0 Å². The van der Waals surface area contributed by atoms with Gasteiger partial charge >= 0.3 is 5.97 Å². The number of rotatable bonds is 4. The summed E-state index contributed by atoms with van der Waals surface area (Å²) in [6, 6.07) is 8.73. The number of anilines is 2. The maximum Gasteiger partial charge on any atom is 0.335 e. The zero-order valence-electron chi connectivity index (χ0n) is 10.8. The molecule has 2 aromatic carbocycles. The fourth-order valence-electron chi connectivity index (χ4n) is 1.83. The van der Waals surface area contributed by atoms with E-state index in [-0.39, 0.29) is 5.69 Å². The predicted octanol–water partition coefficient (Wildman–Crippen LogP) is 3.97. The largest absolute Gasteiger partial charge is 0.478 e. The van der Waals surface area contributed by atoms with Gasteiger partial charge < -0.3 is 10.4 Å². The van der Waals surface area contributed by atoms with E-state index in [1.807, 2.05) is 13.0 Å². The lowest BCUT2D eigenvalue weighted by Gasteiger charge is -2.10. The van der Waals surface area contributed by atoms with Crippen LogP contribution in [0.3, 0.4) is 0 Å². The Labute approximate surface area is 114 Å². The van der Waals surface area contributed by atoms with Crippen LogP contribution in [0.1, 0.15) is 22.8 Å². The second-order valence-corrected chi connectivity index (χ2v) is 4.30. The molecule has 0 amide bonds. The number of hydrogen-bond acceptors (Lipinski definition) is 2. The van der Waals surface area contributed by atoms with Crippen LogP contribution in [0, 0.1) is 11.6 Å². The van der Waals surface area contributed by atoms with Crippen LogP contribution in [0.5, 0.6) is 0 Å². The Bertz CT molecular complexity index is 633. The van der Waals surface area contributed by atoms with Crippen molar-refractivity contribution >= 4 is 17.3 Å². The summed E-state index contributed by atoms with van der Waals surface area (Å²) < 4.78 is 27.5. The van der Waals surface area contributed by atoms with E-state index >= 15 is 0 Å². The first-order valence-corrected chi connectivity index (χ1v) is 6.09. The Kier molecular flexibility index (Phi) is 3.98. The summed E-state index contributed by atoms with van der Waals surface area (Å²) in [7, 11) is 0. The second kappa shape index (κ2) is 5.69. The van der Waals surface area contributed by atoms with E-state index < -0.39 is 23.2 Å². The Morgan fingerprint density at radius 3 is 2.40 bits per heavy atom. The van der Waals surface area contributed by atoms with Gasteiger partial charge in [0.2, 0.25) is 0 Å². The van der Waals surface area contributed by atoms with Crippen LogP contribution >= 0.6 is 0 Å². The van der Waals surface area contributed by atoms with Gasteiger partial charge in [-0.3, -0.25) is 0 Å². The Balaban J connectivity index is 2.36. The molecule has 0 fully saturated rings. The van der Waals surface area contributed by atoms with Crippen molar-refractivity contribution < 1.29 is 18.7 Å². The molecule has 0 radical (unpaired) electrons. The quantitative estimate of drug-likeness (QED) is 0.889. The smallest absolute Gasteiger partial charge is 0.335 e. The number of nitrogens with one attached hydrogen (secondary N) is 1. The van der Waals surface area contributed by atoms with Crippen molar-refractivity contribution in [2.45, 2.75) is 13.3 Å². The van der Waals surface area contributed by atoms with Gasteiger partial charge in [0.25, 0.3) is 0 Å². The van der Waals surface area contributed by atoms with Crippen LogP contribution < -0.4 is 5.32 Å². The number of hydrogen-bond donors (Lipinski definition) is 2. The van der Waals surface area contributed by atoms with Crippen LogP contribution in [0.2, 0.25) is 0 Å². The number of carboxylic acid groups (broad SMARTS) is 1. The highest BCUT2D eigenvalue weighted by Crippen LogP contribution is 2.25. The molecule has 20 heavy (non-hydrogen) atoms. The summed E-state index contributed by atoms with van der Waals surface area (Å²) in [5.74, 6) is -3.25. The average molecular weight is 277 g/mol. The first-order valence-electron chi connectivity index (χ1n) is 6.09. The fourth-order valence-corrected chi connectivity index (χ4v) is 1.83. The SMILES string of the molecule is CCc1cccc(Nc2c(F)cc(C(=O)O)cc2F)c1. The van der Waals surface area contributed by atoms with Gasteiger partial charge in [-0.25, -0.2) is 13.6 Å². The second-order valence-electron chi connectivity index (χ2n) is 4.30. The molecule has 104 valence electrons. The van der Waals surface area contributed by atoms with Crippen molar-refractivity contribution in [1.82, 2.24) is 0 Å². The highest BCUT2D eigenvalue weighted by atomic mass is 19.1. The Morgan fingerprint density at radius 2 is 1.85 bits per heavy atom. The molecule has 3 nitrogen and oxygen atoms in total. The summed E-state index contributed by atoms with van der Waals surface area (Å²) in [5, 5.41) is 11.4. The third-order valence-electron chi connectivity index (χ3n) is 2.89. The number of carbonyl (C=O) groups is 1. The molecule has 2 N–H and O–H groups in total. The molecule has 0 saturated carbocycles. The molecule has 5 heteroatoms. The van der Waals surface area contributed by atoms with Gasteiger partial charge in [-0.1, -0.05) is 19.1 Å². The number of halogens is 2. The molecule has 0 aliphatic rings. The molecule has 2 aromatic rings. The third kappa shape index (κ3) is 2.93. The van der Waals surface area contributed by atoms with E-state index in [0.717, 1.165) is 24.1 Å². The standard InChI is InChI=1S/C15H13F2NO2/c1-2-9-4-3-5-11(6-9)18-14-12(16)7-10(15(19)20)8-13(14)17/h3-8,18H,2H2,1H3,(H,19,20). The van der Waals surface area contributed by atoms with Crippen LogP contribution in [0.25, 0.3) is 0 Å². The van der Waals surface area contributed by atoms with Gasteiger partial charge in [0.05, 0.1) is 5.56 Å². The zero-order chi connectivity index (χ0) is 14.7. The highest BCUT2D eigenvalue weighted by Gasteiger charge is 2.14. The minimum Gasteiger partial charge on any atom is -0.478 e. The first kappa shape index (κ1) is 14.0. The monoisotopic (exact) mass is 277 g/mol. The summed E-state index contributed by atoms with van der Waals surface area (Å²) in [6.45, 7) is 1.97. The van der Waals surface area contributed by atoms with Crippen LogP contribution in [-0.2, 0) is 6.42 Å². The summed E-state index contributed by atoms with van der Waals surface area (Å²) in [5.41, 5.74) is 0.791. The average Bonchev–Trinajstić information content (AvgIpc) is 2.42. The van der Waals surface area contributed by atoms with Crippen molar-refractivity contribution in [2.24, 2.45) is 0 Å².